The summed E-state index contributed by atoms with van der Waals surface area (Å²) >= 11 is 5.44. The molecule has 0 bridgehead atoms. The first kappa shape index (κ1) is 6.61. The summed E-state index contributed by atoms with van der Waals surface area (Å²) in [5.74, 6) is 0.654. The topological polar surface area (TPSA) is 49.4 Å². The van der Waals surface area contributed by atoms with Gasteiger partial charge in [-0.1, -0.05) is 0 Å². The predicted octanol–water partition coefficient (Wildman–Crippen LogP) is 2.16. The van der Waals surface area contributed by atoms with E-state index in [-0.39, 0.29) is 6.17 Å². The molecule has 0 radical (unpaired) electrons. The van der Waals surface area contributed by atoms with Crippen LogP contribution in [0.2, 0.25) is 0 Å². The van der Waals surface area contributed by atoms with E-state index >= 15 is 0 Å². The minimum atomic E-state index is -0.0521. The lowest BCUT2D eigenvalue weighted by Gasteiger charge is -1.94. The Morgan fingerprint density at radius 3 is 2.44 bits per heavy atom. The van der Waals surface area contributed by atoms with E-state index in [2.05, 4.69) is 20.7 Å². The quantitative estimate of drug-likeness (QED) is 0.548. The first-order valence-corrected chi connectivity index (χ1v) is 3.33. The maximum Gasteiger partial charge on any atom is 0.185 e. The average Bonchev–Trinajstić information content (AvgIpc) is 2.34. The van der Waals surface area contributed by atoms with Gasteiger partial charge in [0.25, 0.3) is 0 Å². The first-order valence-electron chi connectivity index (χ1n) is 2.79. The van der Waals surface area contributed by atoms with Gasteiger partial charge in [-0.15, -0.1) is 21.8 Å². The molecular formula is C4H7ClN4. The van der Waals surface area contributed by atoms with Gasteiger partial charge >= 0.3 is 0 Å². The van der Waals surface area contributed by atoms with Gasteiger partial charge in [0.05, 0.1) is 0 Å². The van der Waals surface area contributed by atoms with E-state index < -0.39 is 0 Å². The molecule has 9 heavy (non-hydrogen) atoms. The fraction of sp³-hybridized carbons (Fsp3) is 1.00. The Labute approximate surface area is 58.0 Å². The van der Waals surface area contributed by atoms with Gasteiger partial charge in [0.2, 0.25) is 0 Å². The summed E-state index contributed by atoms with van der Waals surface area (Å²) in [6, 6.07) is 0. The lowest BCUT2D eigenvalue weighted by molar-refractivity contribution is 0.626. The second-order valence-electron chi connectivity index (χ2n) is 1.72. The average molecular weight is 147 g/mol. The maximum atomic E-state index is 5.44. The second kappa shape index (κ2) is 3.50. The highest BCUT2D eigenvalue weighted by Crippen LogP contribution is 2.10. The molecule has 50 valence electrons. The fourth-order valence-corrected chi connectivity index (χ4v) is 0.718. The largest absolute Gasteiger partial charge is 0.185 e. The highest BCUT2D eigenvalue weighted by molar-refractivity contribution is 6.17. The molecule has 1 rings (SSSR count). The van der Waals surface area contributed by atoms with E-state index in [1.54, 1.807) is 0 Å². The summed E-state index contributed by atoms with van der Waals surface area (Å²) in [4.78, 5) is 0. The van der Waals surface area contributed by atoms with E-state index in [1.807, 2.05) is 0 Å². The zero-order valence-electron chi connectivity index (χ0n) is 4.87. The van der Waals surface area contributed by atoms with Crippen LogP contribution in [0.1, 0.15) is 12.8 Å². The number of hydrogen-bond acceptors (Lipinski definition) is 4. The molecule has 0 unspecified atom stereocenters. The van der Waals surface area contributed by atoms with Crippen LogP contribution in [-0.4, -0.2) is 12.0 Å². The Kier molecular flexibility index (Phi) is 2.57. The van der Waals surface area contributed by atoms with Crippen molar-refractivity contribution in [3.8, 4) is 0 Å². The molecule has 0 fully saturated rings. The van der Waals surface area contributed by atoms with Gasteiger partial charge in [-0.25, -0.2) is 0 Å². The fourth-order valence-electron chi connectivity index (χ4n) is 0.564. The van der Waals surface area contributed by atoms with Gasteiger partial charge in [-0.2, -0.15) is 0 Å². The summed E-state index contributed by atoms with van der Waals surface area (Å²) in [7, 11) is 0. The monoisotopic (exact) mass is 146 g/mol. The van der Waals surface area contributed by atoms with Crippen LogP contribution in [0.25, 0.3) is 0 Å². The molecule has 1 aliphatic rings. The minimum absolute atomic E-state index is 0.0521. The van der Waals surface area contributed by atoms with Crippen molar-refractivity contribution in [1.29, 1.82) is 0 Å². The van der Waals surface area contributed by atoms with Crippen LogP contribution >= 0.6 is 11.6 Å². The van der Waals surface area contributed by atoms with E-state index in [9.17, 15) is 0 Å². The third kappa shape index (κ3) is 2.05. The molecule has 0 saturated heterocycles. The molecule has 4 nitrogen and oxygen atoms in total. The Morgan fingerprint density at radius 2 is 1.89 bits per heavy atom. The summed E-state index contributed by atoms with van der Waals surface area (Å²) in [5.41, 5.74) is 0. The Bertz CT molecular complexity index is 121. The van der Waals surface area contributed by atoms with Gasteiger partial charge in [0.15, 0.2) is 6.17 Å². The van der Waals surface area contributed by atoms with E-state index in [4.69, 9.17) is 11.6 Å². The third-order valence-electron chi connectivity index (χ3n) is 1.01. The summed E-state index contributed by atoms with van der Waals surface area (Å²) < 4.78 is 0. The molecule has 0 aromatic heterocycles. The first-order chi connectivity index (χ1) is 4.43. The van der Waals surface area contributed by atoms with E-state index in [1.165, 1.54) is 0 Å². The van der Waals surface area contributed by atoms with E-state index in [0.29, 0.717) is 5.88 Å². The minimum Gasteiger partial charge on any atom is -0.138 e. The highest BCUT2D eigenvalue weighted by Gasteiger charge is 2.06. The molecule has 0 aromatic carbocycles. The highest BCUT2D eigenvalue weighted by atomic mass is 35.5. The zero-order valence-corrected chi connectivity index (χ0v) is 5.62. The predicted molar refractivity (Wildman–Crippen MR) is 33.5 cm³/mol. The van der Waals surface area contributed by atoms with Crippen LogP contribution in [0.3, 0.4) is 0 Å². The Morgan fingerprint density at radius 1 is 1.22 bits per heavy atom. The molecule has 0 aromatic rings. The van der Waals surface area contributed by atoms with Crippen LogP contribution in [0.15, 0.2) is 20.7 Å². The second-order valence-corrected chi connectivity index (χ2v) is 2.10. The number of hydrogen-bond donors (Lipinski definition) is 0. The van der Waals surface area contributed by atoms with Crippen LogP contribution in [0.5, 0.6) is 0 Å². The molecular weight excluding hydrogens is 140 g/mol. The lowest BCUT2D eigenvalue weighted by Crippen LogP contribution is -1.95. The Hall–Kier alpha value is -0.510. The molecule has 0 amide bonds. The molecule has 1 aliphatic heterocycles. The number of alkyl halides is 1. The summed E-state index contributed by atoms with van der Waals surface area (Å²) in [6.45, 7) is 0. The van der Waals surface area contributed by atoms with Crippen LogP contribution in [-0.2, 0) is 0 Å². The van der Waals surface area contributed by atoms with Crippen molar-refractivity contribution in [2.45, 2.75) is 19.0 Å². The molecule has 0 spiro atoms. The van der Waals surface area contributed by atoms with Gasteiger partial charge in [-0.05, 0) is 23.3 Å². The number of halogens is 1. The van der Waals surface area contributed by atoms with Crippen LogP contribution in [0.4, 0.5) is 0 Å². The van der Waals surface area contributed by atoms with Crippen molar-refractivity contribution in [2.24, 2.45) is 20.7 Å². The number of nitrogens with zero attached hydrogens (tertiary/aromatic N) is 4. The van der Waals surface area contributed by atoms with Crippen molar-refractivity contribution in [3.63, 3.8) is 0 Å². The zero-order chi connectivity index (χ0) is 6.53. The van der Waals surface area contributed by atoms with Crippen molar-refractivity contribution >= 4 is 11.6 Å². The smallest absolute Gasteiger partial charge is 0.138 e. The van der Waals surface area contributed by atoms with Gasteiger partial charge in [0.1, 0.15) is 0 Å². The molecule has 0 saturated carbocycles. The maximum absolute atomic E-state index is 5.44. The molecule has 0 N–H and O–H groups in total. The van der Waals surface area contributed by atoms with E-state index in [0.717, 1.165) is 12.8 Å². The lowest BCUT2D eigenvalue weighted by atomic mass is 10.3. The molecule has 5 heteroatoms. The third-order valence-corrected chi connectivity index (χ3v) is 1.27. The van der Waals surface area contributed by atoms with Gasteiger partial charge < -0.3 is 0 Å². The van der Waals surface area contributed by atoms with Crippen molar-refractivity contribution in [1.82, 2.24) is 0 Å². The van der Waals surface area contributed by atoms with Crippen LogP contribution < -0.4 is 0 Å². The Balaban J connectivity index is 2.13. The van der Waals surface area contributed by atoms with Crippen molar-refractivity contribution in [2.75, 3.05) is 5.88 Å². The van der Waals surface area contributed by atoms with Crippen LogP contribution in [0, 0.1) is 0 Å². The standard InChI is InChI=1S/C4H7ClN4/c5-3-1-2-4-6-8-9-7-4/h4H,1-3H2. The summed E-state index contributed by atoms with van der Waals surface area (Å²) in [5, 5.41) is 14.1. The SMILES string of the molecule is ClCCCC1N=NN=N1. The molecule has 0 aliphatic carbocycles. The van der Waals surface area contributed by atoms with Crippen molar-refractivity contribution < 1.29 is 0 Å². The summed E-state index contributed by atoms with van der Waals surface area (Å²) in [6.07, 6.45) is 1.73. The normalized spacial score (nSPS) is 17.4. The molecule has 1 heterocycles. The van der Waals surface area contributed by atoms with Gasteiger partial charge in [0, 0.05) is 5.88 Å². The van der Waals surface area contributed by atoms with Crippen molar-refractivity contribution in [3.05, 3.63) is 0 Å². The van der Waals surface area contributed by atoms with Gasteiger partial charge in [-0.3, -0.25) is 0 Å². The number of rotatable bonds is 3. The molecule has 0 atom stereocenters.